The maximum atomic E-state index is 6.70. The minimum Gasteiger partial charge on any atom is -0.455 e. The van der Waals surface area contributed by atoms with Gasteiger partial charge in [-0.3, -0.25) is 9.13 Å². The van der Waals surface area contributed by atoms with Crippen LogP contribution in [-0.2, 0) is 12.8 Å². The van der Waals surface area contributed by atoms with Gasteiger partial charge < -0.3 is 4.42 Å². The highest BCUT2D eigenvalue weighted by molar-refractivity contribution is 6.21. The van der Waals surface area contributed by atoms with Crippen molar-refractivity contribution in [3.8, 4) is 22.5 Å². The van der Waals surface area contributed by atoms with Crippen molar-refractivity contribution in [2.45, 2.75) is 26.7 Å². The normalized spacial score (nSPS) is 12.0. The average Bonchev–Trinajstić information content (AvgIpc) is 3.84. The smallest absolute Gasteiger partial charge is 0.143 e. The molecule has 0 saturated carbocycles. The van der Waals surface area contributed by atoms with E-state index < -0.39 is 0 Å². The lowest BCUT2D eigenvalue weighted by atomic mass is 9.89. The van der Waals surface area contributed by atoms with Crippen molar-refractivity contribution < 1.29 is 4.42 Å². The molecular formula is C44H32N4O. The van der Waals surface area contributed by atoms with Gasteiger partial charge in [-0.1, -0.05) is 98.8 Å². The van der Waals surface area contributed by atoms with E-state index >= 15 is 0 Å². The Labute approximate surface area is 282 Å². The number of aromatic nitrogens is 4. The van der Waals surface area contributed by atoms with E-state index in [0.717, 1.165) is 102 Å². The number of para-hydroxylation sites is 6. The molecule has 0 amide bonds. The number of fused-ring (bicyclic) bond motifs is 7. The van der Waals surface area contributed by atoms with Crippen LogP contribution in [-0.4, -0.2) is 19.1 Å². The lowest BCUT2D eigenvalue weighted by Crippen LogP contribution is -2.03. The van der Waals surface area contributed by atoms with E-state index in [9.17, 15) is 0 Å². The molecule has 3 aromatic heterocycles. The number of benzene rings is 7. The largest absolute Gasteiger partial charge is 0.455 e. The fourth-order valence-corrected chi connectivity index (χ4v) is 7.92. The second-order valence-electron chi connectivity index (χ2n) is 12.7. The van der Waals surface area contributed by atoms with E-state index in [2.05, 4.69) is 150 Å². The topological polar surface area (TPSA) is 48.8 Å². The zero-order valence-corrected chi connectivity index (χ0v) is 27.3. The molecule has 3 heterocycles. The van der Waals surface area contributed by atoms with Gasteiger partial charge in [-0.25, -0.2) is 9.97 Å². The average molecular weight is 633 g/mol. The van der Waals surface area contributed by atoms with Crippen LogP contribution >= 0.6 is 0 Å². The molecule has 0 bridgehead atoms. The van der Waals surface area contributed by atoms with Crippen LogP contribution in [0.5, 0.6) is 0 Å². The highest BCUT2D eigenvalue weighted by atomic mass is 16.3. The van der Waals surface area contributed by atoms with Gasteiger partial charge in [-0.15, -0.1) is 0 Å². The molecule has 0 spiro atoms. The summed E-state index contributed by atoms with van der Waals surface area (Å²) in [6, 6.07) is 47.5. The van der Waals surface area contributed by atoms with Crippen molar-refractivity contribution in [2.24, 2.45) is 0 Å². The van der Waals surface area contributed by atoms with E-state index in [-0.39, 0.29) is 0 Å². The van der Waals surface area contributed by atoms with Crippen LogP contribution < -0.4 is 0 Å². The van der Waals surface area contributed by atoms with E-state index in [4.69, 9.17) is 14.4 Å². The number of hydrogen-bond acceptors (Lipinski definition) is 3. The van der Waals surface area contributed by atoms with Gasteiger partial charge in [-0.2, -0.15) is 0 Å². The minimum absolute atomic E-state index is 0.815. The van der Waals surface area contributed by atoms with Crippen molar-refractivity contribution in [1.82, 2.24) is 19.1 Å². The third kappa shape index (κ3) is 3.99. The van der Waals surface area contributed by atoms with Crippen LogP contribution in [0.15, 0.2) is 138 Å². The Bertz CT molecular complexity index is 2780. The highest BCUT2D eigenvalue weighted by Crippen LogP contribution is 2.45. The molecular weight excluding hydrogens is 601 g/mol. The second-order valence-corrected chi connectivity index (χ2v) is 12.7. The first-order valence-corrected chi connectivity index (χ1v) is 17.1. The quantitative estimate of drug-likeness (QED) is 0.177. The summed E-state index contributed by atoms with van der Waals surface area (Å²) < 4.78 is 11.4. The molecule has 0 aliphatic heterocycles. The van der Waals surface area contributed by atoms with Crippen molar-refractivity contribution in [3.63, 3.8) is 0 Å². The Morgan fingerprint density at radius 3 is 1.61 bits per heavy atom. The number of hydrogen-bond donors (Lipinski definition) is 0. The molecule has 5 nitrogen and oxygen atoms in total. The van der Waals surface area contributed by atoms with Gasteiger partial charge >= 0.3 is 0 Å². The Kier molecular flexibility index (Phi) is 6.06. The monoisotopic (exact) mass is 632 g/mol. The van der Waals surface area contributed by atoms with Gasteiger partial charge in [0.15, 0.2) is 0 Å². The molecule has 10 rings (SSSR count). The molecule has 0 N–H and O–H groups in total. The number of aryl methyl sites for hydroxylation is 2. The number of rotatable bonds is 5. The SMILES string of the molecule is CCc1nc2ccccc2n1-c1cccc2c(-c3cccc4c3oc3ccccc34)c3cccc(-n4c(CC)nc5ccccc54)c3cc12. The predicted molar refractivity (Wildman–Crippen MR) is 202 cm³/mol. The molecule has 0 unspecified atom stereocenters. The standard InChI is InChI=1S/C44H32N4O/c1-3-41-45-34-19-6-8-21-38(34)47(41)36-23-12-15-28-32(36)26-33-29(16-13-24-37(33)48-39-22-9-7-20-35(39)46-42(48)4-2)43(28)31-18-11-17-30-27-14-5-10-25-40(27)49-44(30)31/h5-26H,3-4H2,1-2H3. The summed E-state index contributed by atoms with van der Waals surface area (Å²) in [5.74, 6) is 2.08. The van der Waals surface area contributed by atoms with Gasteiger partial charge in [-0.05, 0) is 59.3 Å². The van der Waals surface area contributed by atoms with E-state index in [0.29, 0.717) is 0 Å². The van der Waals surface area contributed by atoms with E-state index in [1.807, 2.05) is 6.07 Å². The molecule has 234 valence electrons. The van der Waals surface area contributed by atoms with Crippen molar-refractivity contribution in [2.75, 3.05) is 0 Å². The number of imidazole rings is 2. The number of furan rings is 1. The molecule has 0 saturated heterocycles. The first-order chi connectivity index (χ1) is 24.2. The van der Waals surface area contributed by atoms with Gasteiger partial charge in [0.2, 0.25) is 0 Å². The summed E-state index contributed by atoms with van der Waals surface area (Å²) in [7, 11) is 0. The molecule has 0 fully saturated rings. The fraction of sp³-hybridized carbons (Fsp3) is 0.0909. The fourth-order valence-electron chi connectivity index (χ4n) is 7.92. The molecule has 0 aliphatic rings. The van der Waals surface area contributed by atoms with Gasteiger partial charge in [0.1, 0.15) is 22.8 Å². The van der Waals surface area contributed by atoms with Gasteiger partial charge in [0, 0.05) is 45.5 Å². The molecule has 5 heteroatoms. The Morgan fingerprint density at radius 1 is 0.490 bits per heavy atom. The number of nitrogens with zero attached hydrogens (tertiary/aromatic N) is 4. The lowest BCUT2D eigenvalue weighted by Gasteiger charge is -2.19. The van der Waals surface area contributed by atoms with Crippen molar-refractivity contribution in [3.05, 3.63) is 145 Å². The Hall–Kier alpha value is -6.20. The first kappa shape index (κ1) is 27.9. The molecule has 10 aromatic rings. The third-order valence-electron chi connectivity index (χ3n) is 10.0. The highest BCUT2D eigenvalue weighted by Gasteiger charge is 2.22. The van der Waals surface area contributed by atoms with E-state index in [1.165, 1.54) is 10.8 Å². The summed E-state index contributed by atoms with van der Waals surface area (Å²) >= 11 is 0. The van der Waals surface area contributed by atoms with Crippen LogP contribution in [0.1, 0.15) is 25.5 Å². The van der Waals surface area contributed by atoms with Gasteiger partial charge in [0.05, 0.1) is 33.4 Å². The third-order valence-corrected chi connectivity index (χ3v) is 10.0. The maximum Gasteiger partial charge on any atom is 0.143 e. The predicted octanol–water partition coefficient (Wildman–Crippen LogP) is 11.4. The summed E-state index contributed by atoms with van der Waals surface area (Å²) in [5.41, 5.74) is 10.5. The van der Waals surface area contributed by atoms with Crippen LogP contribution in [0.4, 0.5) is 0 Å². The van der Waals surface area contributed by atoms with Crippen molar-refractivity contribution >= 4 is 65.6 Å². The summed E-state index contributed by atoms with van der Waals surface area (Å²) in [6.07, 6.45) is 1.63. The van der Waals surface area contributed by atoms with Crippen LogP contribution in [0.2, 0.25) is 0 Å². The van der Waals surface area contributed by atoms with E-state index in [1.54, 1.807) is 0 Å². The maximum absolute atomic E-state index is 6.70. The first-order valence-electron chi connectivity index (χ1n) is 17.1. The zero-order chi connectivity index (χ0) is 32.6. The zero-order valence-electron chi connectivity index (χ0n) is 27.3. The summed E-state index contributed by atoms with van der Waals surface area (Å²) in [5, 5.41) is 6.90. The Balaban J connectivity index is 1.40. The van der Waals surface area contributed by atoms with Gasteiger partial charge in [0.25, 0.3) is 0 Å². The lowest BCUT2D eigenvalue weighted by molar-refractivity contribution is 0.670. The van der Waals surface area contributed by atoms with Crippen molar-refractivity contribution in [1.29, 1.82) is 0 Å². The van der Waals surface area contributed by atoms with Crippen LogP contribution in [0.25, 0.3) is 88.1 Å². The molecule has 7 aromatic carbocycles. The second kappa shape index (κ2) is 10.7. The van der Waals surface area contributed by atoms with Crippen LogP contribution in [0.3, 0.4) is 0 Å². The Morgan fingerprint density at radius 2 is 1.00 bits per heavy atom. The molecule has 0 aliphatic carbocycles. The summed E-state index contributed by atoms with van der Waals surface area (Å²) in [6.45, 7) is 4.36. The molecule has 49 heavy (non-hydrogen) atoms. The minimum atomic E-state index is 0.815. The molecule has 0 atom stereocenters. The van der Waals surface area contributed by atoms with Crippen LogP contribution in [0, 0.1) is 0 Å². The summed E-state index contributed by atoms with van der Waals surface area (Å²) in [4.78, 5) is 10.1. The molecule has 0 radical (unpaired) electrons.